The van der Waals surface area contributed by atoms with Crippen molar-refractivity contribution in [1.82, 2.24) is 14.4 Å². The molecule has 1 aliphatic heterocycles. The topological polar surface area (TPSA) is 360 Å². The summed E-state index contributed by atoms with van der Waals surface area (Å²) in [5, 5.41) is 51.1. The Morgan fingerprint density at radius 3 is 1.28 bits per heavy atom. The summed E-state index contributed by atoms with van der Waals surface area (Å²) in [5.41, 5.74) is 19.7. The number of nitriles is 1. The van der Waals surface area contributed by atoms with Gasteiger partial charge in [0.2, 0.25) is 26.1 Å². The molecule has 0 saturated carbocycles. The third kappa shape index (κ3) is 58.4. The van der Waals surface area contributed by atoms with Gasteiger partial charge in [-0.25, -0.2) is 14.2 Å². The van der Waals surface area contributed by atoms with Crippen LogP contribution in [0.4, 0.5) is 0 Å². The number of aromatic nitrogens is 3. The van der Waals surface area contributed by atoms with E-state index in [0.29, 0.717) is 79.4 Å². The van der Waals surface area contributed by atoms with E-state index >= 15 is 0 Å². The number of aliphatic carboxylic acids is 1. The van der Waals surface area contributed by atoms with Gasteiger partial charge in [-0.05, 0) is 336 Å². The minimum Gasteiger partial charge on any atom is -0.508 e. The Morgan fingerprint density at radius 2 is 0.936 bits per heavy atom. The van der Waals surface area contributed by atoms with Gasteiger partial charge in [0.05, 0.1) is 41.7 Å². The fourth-order valence-electron chi connectivity index (χ4n) is 9.77. The number of aldehydes is 1. The molecule has 9 aromatic carbocycles. The Morgan fingerprint density at radius 1 is 0.584 bits per heavy atom. The predicted molar refractivity (Wildman–Crippen MR) is 560 cm³/mol. The zero-order valence-corrected chi connectivity index (χ0v) is 84.6. The Balaban J connectivity index is -0.000000685. The molecule has 35 heteroatoms. The Kier molecular flexibility index (Phi) is 73.0. The number of fused-ring (bicyclic) bond motifs is 1. The average Bonchev–Trinajstić information content (AvgIpc) is 1.65. The number of phenols is 1. The summed E-state index contributed by atoms with van der Waals surface area (Å²) in [6, 6.07) is 73.7. The van der Waals surface area contributed by atoms with E-state index in [0.717, 1.165) is 95.7 Å². The molecule has 12 rings (SSSR count). The maximum absolute atomic E-state index is 11.1. The van der Waals surface area contributed by atoms with Crippen molar-refractivity contribution in [2.24, 2.45) is 0 Å². The van der Waals surface area contributed by atoms with Crippen molar-refractivity contribution in [3.63, 3.8) is 0 Å². The fourth-order valence-corrected chi connectivity index (χ4v) is 12.6. The van der Waals surface area contributed by atoms with E-state index in [-0.39, 0.29) is 119 Å². The van der Waals surface area contributed by atoms with E-state index in [1.165, 1.54) is 10.7 Å². The summed E-state index contributed by atoms with van der Waals surface area (Å²) in [7, 11) is 7.36. The number of hydrogen-bond donors (Lipinski definition) is 4. The molecule has 1 radical (unpaired) electrons. The van der Waals surface area contributed by atoms with Gasteiger partial charge in [-0.3, -0.25) is 38.0 Å². The van der Waals surface area contributed by atoms with Crippen LogP contribution in [0.5, 0.6) is 11.6 Å². The molecule has 11 aromatic rings. The second kappa shape index (κ2) is 72.8. The Bertz CT molecular complexity index is 5000. The van der Waals surface area contributed by atoms with Crippen molar-refractivity contribution in [2.45, 2.75) is 127 Å². The monoisotopic (exact) mass is 2730 g/mol. The first-order valence-corrected chi connectivity index (χ1v) is 46.9. The summed E-state index contributed by atoms with van der Waals surface area (Å²) in [4.78, 5) is 95.2. The van der Waals surface area contributed by atoms with Gasteiger partial charge in [-0.15, -0.1) is 10.1 Å². The third-order valence-corrected chi connectivity index (χ3v) is 21.1. The number of hydrogen-bond acceptors (Lipinski definition) is 16. The number of ether oxygens (including phenoxy) is 1. The first kappa shape index (κ1) is 125. The fraction of sp³-hybridized carbons (Fsp3) is 0.233. The number of phenolic OH excluding ortho intramolecular Hbond substituents is 1. The van der Waals surface area contributed by atoms with Crippen LogP contribution in [0.25, 0.3) is 22.4 Å². The number of aromatic hydroxyl groups is 2. The molecule has 0 amide bonds. The average molecular weight is 2730 g/mol. The molecule has 22 nitrogen and oxygen atoms in total. The van der Waals surface area contributed by atoms with Gasteiger partial charge in [-0.1, -0.05) is 175 Å². The van der Waals surface area contributed by atoms with Crippen molar-refractivity contribution < 1.29 is 95.3 Å². The second-order valence-electron chi connectivity index (χ2n) is 24.5. The van der Waals surface area contributed by atoms with Crippen LogP contribution in [-0.4, -0.2) is 114 Å². The smallest absolute Gasteiger partial charge is 0.323 e. The van der Waals surface area contributed by atoms with E-state index in [4.69, 9.17) is 61.7 Å². The number of halogens is 11. The van der Waals surface area contributed by atoms with Crippen LogP contribution in [0.3, 0.4) is 0 Å². The Labute approximate surface area is 867 Å². The van der Waals surface area contributed by atoms with Crippen LogP contribution in [0.1, 0.15) is 126 Å². The molecule has 4 N–H and O–H groups in total. The van der Waals surface area contributed by atoms with Gasteiger partial charge < -0.3 is 30.8 Å². The number of carbonyl (C=O) groups excluding carboxylic acids is 6. The van der Waals surface area contributed by atoms with Gasteiger partial charge in [-0.2, -0.15) is 10.1 Å². The van der Waals surface area contributed by atoms with E-state index < -0.39 is 20.3 Å². The molecular weight excluding hydrogens is 2630 g/mol. The van der Waals surface area contributed by atoms with Gasteiger partial charge in [0, 0.05) is 138 Å². The molecular formula is C90H96AgBrCl3I7N7O15S. The van der Waals surface area contributed by atoms with E-state index in [2.05, 4.69) is 231 Å². The first-order valence-electron chi connectivity index (χ1n) is 35.1. The van der Waals surface area contributed by atoms with Gasteiger partial charge in [0.25, 0.3) is 5.09 Å². The number of nitrogens with zero attached hydrogens (tertiary/aromatic N) is 7. The SMILES string of the molecule is C.C.C.C.C.CCC(=O)Cc1ccc(I)cc1.N#CCC1CCCO1.O=C(CBr)Cc1ccc(I)cc1.O=C(Cl)Cc1ccc(I)cc1.O=C(O)Cc1ccc(I)cc1.O=CC(=O)Cc1ccc(I)cc1.O=S(Cl)Cl.O=[N+]([O-])O.Oc1ccc(-c2cn3c(O)c(Cc4ccc(I)cc4)nc3c(Cc3ccccc3)n2)cc1.[Ag].[N-]=[N+]=CC(=O)Cc1ccc(I)cc1. The van der Waals surface area contributed by atoms with Crippen molar-refractivity contribution in [1.29, 1.82) is 5.26 Å². The van der Waals surface area contributed by atoms with Gasteiger partial charge in [0.15, 0.2) is 17.7 Å². The number of carboxylic acids is 1. The summed E-state index contributed by atoms with van der Waals surface area (Å²) in [6.07, 6.45) is 9.88. The number of carboxylic acid groups (broad SMARTS) is 1. The van der Waals surface area contributed by atoms with Crippen LogP contribution in [0.15, 0.2) is 231 Å². The zero-order chi connectivity index (χ0) is 88.2. The van der Waals surface area contributed by atoms with Crippen molar-refractivity contribution in [2.75, 3.05) is 11.9 Å². The van der Waals surface area contributed by atoms with Crippen LogP contribution < -0.4 is 0 Å². The molecule has 1 fully saturated rings. The molecule has 0 spiro atoms. The molecule has 675 valence electrons. The second-order valence-corrected chi connectivity index (χ2v) is 36.7. The summed E-state index contributed by atoms with van der Waals surface area (Å²) in [6.45, 7) is 2.75. The van der Waals surface area contributed by atoms with Gasteiger partial charge in [0.1, 0.15) is 23.0 Å². The minimum atomic E-state index is -1.67. The van der Waals surface area contributed by atoms with Crippen LogP contribution in [-0.2, 0) is 121 Å². The summed E-state index contributed by atoms with van der Waals surface area (Å²) < 4.78 is 24.1. The molecule has 1 saturated heterocycles. The molecule has 125 heavy (non-hydrogen) atoms. The zero-order valence-electron chi connectivity index (χ0n) is 63.3. The number of imidazole rings is 1. The molecule has 1 unspecified atom stereocenters. The number of rotatable bonds is 22. The van der Waals surface area contributed by atoms with E-state index in [1.807, 2.05) is 195 Å². The van der Waals surface area contributed by atoms with Crippen LogP contribution in [0.2, 0.25) is 0 Å². The molecule has 0 aliphatic carbocycles. The van der Waals surface area contributed by atoms with Crippen LogP contribution in [0, 0.1) is 46.4 Å². The Hall–Kier alpha value is -5.93. The minimum absolute atomic E-state index is 0. The molecule has 2 aromatic heterocycles. The maximum Gasteiger partial charge on any atom is 0.323 e. The predicted octanol–water partition coefficient (Wildman–Crippen LogP) is 24.0. The molecule has 1 aliphatic rings. The van der Waals surface area contributed by atoms with E-state index in [9.17, 15) is 43.8 Å². The van der Waals surface area contributed by atoms with E-state index in [1.54, 1.807) is 22.7 Å². The first-order chi connectivity index (χ1) is 56.7. The summed E-state index contributed by atoms with van der Waals surface area (Å²) >= 11 is 23.9. The number of benzene rings is 9. The van der Waals surface area contributed by atoms with Gasteiger partial charge >= 0.3 is 12.2 Å². The normalized spacial score (nSPS) is 10.5. The number of alkyl halides is 1. The largest absolute Gasteiger partial charge is 0.508 e. The molecule has 1 atom stereocenters. The standard InChI is InChI=1S/C26H20IN3O2.C10H11IO.C9H8BrIO.C9H7IN2O.C9H7IO2.C8H6ClIO.C8H7IO2.C6H9NO.5CH4.Ag.Cl2OS.HNO3/c27-20-10-6-18(7-11-20)15-23-26(32)30-16-24(19-8-12-21(31)13-9-19)28-22(25(30)29-23)14-17-4-2-1-3-5-17;1-2-10(12)7-8-3-5-9(11)6-4-8;10-6-9(12)5-7-1-3-8(11)4-2-7;10-8-3-1-7(2-4-8)5-9(13)6-12-11;10-8-3-1-7(2-4-8)5-9(12)6-11;9-8(11)5-6-1-3-7(10)4-2-6;9-7-3-1-6(2-4-7)5-8(10)11;7-4-3-6-2-1-5-8-6;;;;;;;1-4(2)3;2-1(3)4/h1-13,16,31-32H,14-15H2;3-6H,2,7H2,1H3;1-4H,5-6H2;1-4,6H,5H2;1-4,6H,5H2;1-4H,5H2;1-4H,5H2,(H,10,11);6H,1-3,5H2;5*1H4;;;(H,2,3,4). The number of Topliss-reactive ketones (excluding diaryl/α,β-unsaturated/α-hetero) is 4. The van der Waals surface area contributed by atoms with Crippen LogP contribution >= 0.6 is 207 Å². The molecule has 3 heterocycles. The number of carbonyl (C=O) groups is 7. The van der Waals surface area contributed by atoms with Crippen molar-refractivity contribution >= 4 is 269 Å². The molecule has 0 bridgehead atoms. The number of ketones is 4. The van der Waals surface area contributed by atoms with Crippen molar-refractivity contribution in [3.05, 3.63) is 327 Å². The third-order valence-electron chi connectivity index (χ3n) is 15.3. The summed E-state index contributed by atoms with van der Waals surface area (Å²) in [5.74, 6) is -0.529. The van der Waals surface area contributed by atoms with Crippen molar-refractivity contribution in [3.8, 4) is 29.0 Å². The quantitative estimate of drug-likeness (QED) is 0.00418. The maximum atomic E-state index is 11.1.